The lowest BCUT2D eigenvalue weighted by Crippen LogP contribution is -2.39. The minimum atomic E-state index is -0.975. The molecule has 1 amide bonds. The summed E-state index contributed by atoms with van der Waals surface area (Å²) in [7, 11) is 0. The van der Waals surface area contributed by atoms with Gasteiger partial charge in [0.25, 0.3) is 0 Å². The molecule has 4 heterocycles. The fourth-order valence-electron chi connectivity index (χ4n) is 4.47. The van der Waals surface area contributed by atoms with Crippen molar-refractivity contribution in [1.82, 2.24) is 20.3 Å². The Morgan fingerprint density at radius 1 is 1.21 bits per heavy atom. The summed E-state index contributed by atoms with van der Waals surface area (Å²) in [6.45, 7) is 3.95. The van der Waals surface area contributed by atoms with E-state index in [1.54, 1.807) is 24.1 Å². The van der Waals surface area contributed by atoms with E-state index in [9.17, 15) is 14.7 Å². The third-order valence-electron chi connectivity index (χ3n) is 5.86. The van der Waals surface area contributed by atoms with Crippen LogP contribution in [0.4, 0.5) is 5.82 Å². The highest BCUT2D eigenvalue weighted by atomic mass is 16.4. The topological polar surface area (TPSA) is 121 Å². The van der Waals surface area contributed by atoms with E-state index in [1.165, 1.54) is 0 Å². The monoisotopic (exact) mass is 445 g/mol. The second-order valence-electron chi connectivity index (χ2n) is 8.36. The summed E-state index contributed by atoms with van der Waals surface area (Å²) in [4.78, 5) is 39.7. The first-order valence-corrected chi connectivity index (χ1v) is 10.8. The number of aryl methyl sites for hydroxylation is 2. The highest BCUT2D eigenvalue weighted by molar-refractivity contribution is 6.06. The molecular formula is C24H23N5O4. The summed E-state index contributed by atoms with van der Waals surface area (Å²) in [5.41, 5.74) is 3.47. The van der Waals surface area contributed by atoms with Gasteiger partial charge in [-0.15, -0.1) is 0 Å². The van der Waals surface area contributed by atoms with Gasteiger partial charge in [0.1, 0.15) is 23.0 Å². The van der Waals surface area contributed by atoms with E-state index >= 15 is 0 Å². The standard InChI is InChI=1S/C24H23N5O4/c1-13-9-15(7-8-25-13)10-20(30)28-16-11-18(24(31)32)29(12-16)23-22-21(26-14(2)27-23)17-5-3-4-6-19(17)33-22/h3-9,16,18H,10-12H2,1-2H3,(H,28,30)(H,31,32). The lowest BCUT2D eigenvalue weighted by Gasteiger charge is -2.22. The van der Waals surface area contributed by atoms with Gasteiger partial charge >= 0.3 is 5.97 Å². The van der Waals surface area contributed by atoms with Crippen LogP contribution in [0.3, 0.4) is 0 Å². The Kier molecular flexibility index (Phi) is 5.16. The molecule has 4 aromatic rings. The second kappa shape index (κ2) is 8.16. The third-order valence-corrected chi connectivity index (χ3v) is 5.86. The fraction of sp³-hybridized carbons (Fsp3) is 0.292. The summed E-state index contributed by atoms with van der Waals surface area (Å²) in [5.74, 6) is -0.183. The quantitative estimate of drug-likeness (QED) is 0.481. The van der Waals surface area contributed by atoms with E-state index in [1.807, 2.05) is 37.3 Å². The predicted molar refractivity (Wildman–Crippen MR) is 122 cm³/mol. The summed E-state index contributed by atoms with van der Waals surface area (Å²) in [6.07, 6.45) is 2.14. The molecule has 1 aliphatic rings. The molecule has 2 N–H and O–H groups in total. The van der Waals surface area contributed by atoms with Gasteiger partial charge in [0.2, 0.25) is 5.91 Å². The number of aliphatic carboxylic acids is 1. The Labute approximate surface area is 189 Å². The largest absolute Gasteiger partial charge is 0.480 e. The first-order chi connectivity index (χ1) is 15.9. The van der Waals surface area contributed by atoms with E-state index in [0.717, 1.165) is 16.6 Å². The fourth-order valence-corrected chi connectivity index (χ4v) is 4.47. The van der Waals surface area contributed by atoms with Gasteiger partial charge in [0, 0.05) is 36.3 Å². The number of carbonyl (C=O) groups excluding carboxylic acids is 1. The van der Waals surface area contributed by atoms with Crippen molar-refractivity contribution in [2.24, 2.45) is 0 Å². The number of para-hydroxylation sites is 1. The molecule has 3 aromatic heterocycles. The van der Waals surface area contributed by atoms with Gasteiger partial charge in [-0.2, -0.15) is 0 Å². The smallest absolute Gasteiger partial charge is 0.326 e. The van der Waals surface area contributed by atoms with Crippen LogP contribution in [-0.4, -0.2) is 50.6 Å². The van der Waals surface area contributed by atoms with Gasteiger partial charge in [-0.3, -0.25) is 9.78 Å². The van der Waals surface area contributed by atoms with Crippen LogP contribution < -0.4 is 10.2 Å². The second-order valence-corrected chi connectivity index (χ2v) is 8.36. The van der Waals surface area contributed by atoms with Crippen molar-refractivity contribution < 1.29 is 19.1 Å². The molecule has 5 rings (SSSR count). The number of fused-ring (bicyclic) bond motifs is 3. The lowest BCUT2D eigenvalue weighted by molar-refractivity contribution is -0.138. The maximum Gasteiger partial charge on any atom is 0.326 e. The number of carboxylic acid groups (broad SMARTS) is 1. The molecule has 33 heavy (non-hydrogen) atoms. The van der Waals surface area contributed by atoms with E-state index in [0.29, 0.717) is 34.9 Å². The van der Waals surface area contributed by atoms with Gasteiger partial charge in [-0.25, -0.2) is 14.8 Å². The minimum Gasteiger partial charge on any atom is -0.480 e. The Morgan fingerprint density at radius 3 is 2.82 bits per heavy atom. The predicted octanol–water partition coefficient (Wildman–Crippen LogP) is 2.78. The van der Waals surface area contributed by atoms with Crippen LogP contribution in [-0.2, 0) is 16.0 Å². The molecule has 9 heteroatoms. The number of rotatable bonds is 5. The van der Waals surface area contributed by atoms with Crippen LogP contribution in [0.25, 0.3) is 22.1 Å². The third kappa shape index (κ3) is 3.97. The van der Waals surface area contributed by atoms with Gasteiger partial charge < -0.3 is 19.7 Å². The molecule has 0 bridgehead atoms. The number of furan rings is 1. The zero-order valence-electron chi connectivity index (χ0n) is 18.3. The number of amides is 1. The summed E-state index contributed by atoms with van der Waals surface area (Å²) in [5, 5.41) is 13.7. The number of aromatic nitrogens is 3. The number of nitrogens with one attached hydrogen (secondary N) is 1. The average Bonchev–Trinajstić information content (AvgIpc) is 3.35. The molecule has 1 saturated heterocycles. The van der Waals surface area contributed by atoms with E-state index in [-0.39, 0.29) is 24.8 Å². The van der Waals surface area contributed by atoms with Crippen molar-refractivity contribution in [1.29, 1.82) is 0 Å². The molecule has 0 aliphatic carbocycles. The average molecular weight is 445 g/mol. The number of pyridine rings is 1. The molecule has 0 spiro atoms. The first kappa shape index (κ1) is 20.9. The Hall–Kier alpha value is -4.01. The van der Waals surface area contributed by atoms with Crippen molar-refractivity contribution in [3.63, 3.8) is 0 Å². The minimum absolute atomic E-state index is 0.163. The molecule has 1 aliphatic heterocycles. The Morgan fingerprint density at radius 2 is 2.03 bits per heavy atom. The van der Waals surface area contributed by atoms with Gasteiger partial charge in [-0.05, 0) is 43.7 Å². The van der Waals surface area contributed by atoms with Crippen LogP contribution in [0.5, 0.6) is 0 Å². The molecule has 1 fully saturated rings. The molecular weight excluding hydrogens is 422 g/mol. The SMILES string of the molecule is Cc1cc(CC(=O)NC2CC(C(=O)O)N(c3nc(C)nc4c3oc3ccccc34)C2)ccn1. The van der Waals surface area contributed by atoms with Gasteiger partial charge in [0.15, 0.2) is 11.4 Å². The van der Waals surface area contributed by atoms with Crippen LogP contribution in [0.2, 0.25) is 0 Å². The maximum atomic E-state index is 12.6. The molecule has 9 nitrogen and oxygen atoms in total. The van der Waals surface area contributed by atoms with Crippen molar-refractivity contribution in [2.75, 3.05) is 11.4 Å². The van der Waals surface area contributed by atoms with Crippen molar-refractivity contribution in [3.05, 3.63) is 59.7 Å². The molecule has 168 valence electrons. The summed E-state index contributed by atoms with van der Waals surface area (Å²) >= 11 is 0. The highest BCUT2D eigenvalue weighted by Gasteiger charge is 2.40. The summed E-state index contributed by atoms with van der Waals surface area (Å²) < 4.78 is 6.03. The number of carboxylic acids is 1. The first-order valence-electron chi connectivity index (χ1n) is 10.8. The van der Waals surface area contributed by atoms with Crippen molar-refractivity contribution >= 4 is 39.8 Å². The van der Waals surface area contributed by atoms with Crippen LogP contribution >= 0.6 is 0 Å². The molecule has 0 saturated carbocycles. The van der Waals surface area contributed by atoms with Crippen molar-refractivity contribution in [3.8, 4) is 0 Å². The van der Waals surface area contributed by atoms with Crippen molar-refractivity contribution in [2.45, 2.75) is 38.8 Å². The normalized spacial score (nSPS) is 18.2. The highest BCUT2D eigenvalue weighted by Crippen LogP contribution is 2.35. The molecule has 0 radical (unpaired) electrons. The Balaban J connectivity index is 1.44. The zero-order chi connectivity index (χ0) is 23.1. The van der Waals surface area contributed by atoms with E-state index < -0.39 is 12.0 Å². The number of nitrogens with zero attached hydrogens (tertiary/aromatic N) is 4. The van der Waals surface area contributed by atoms with E-state index in [4.69, 9.17) is 4.42 Å². The number of benzene rings is 1. The van der Waals surface area contributed by atoms with E-state index in [2.05, 4.69) is 20.3 Å². The van der Waals surface area contributed by atoms with Crippen LogP contribution in [0, 0.1) is 13.8 Å². The number of carbonyl (C=O) groups is 2. The maximum absolute atomic E-state index is 12.6. The van der Waals surface area contributed by atoms with Gasteiger partial charge in [-0.1, -0.05) is 12.1 Å². The molecule has 1 aromatic carbocycles. The number of hydrogen-bond donors (Lipinski definition) is 2. The van der Waals surface area contributed by atoms with Crippen LogP contribution in [0.15, 0.2) is 47.0 Å². The lowest BCUT2D eigenvalue weighted by atomic mass is 10.1. The van der Waals surface area contributed by atoms with Crippen LogP contribution in [0.1, 0.15) is 23.5 Å². The molecule has 2 unspecified atom stereocenters. The Bertz CT molecular complexity index is 1380. The van der Waals surface area contributed by atoms with Gasteiger partial charge in [0.05, 0.1) is 6.42 Å². The number of hydrogen-bond acceptors (Lipinski definition) is 7. The molecule has 2 atom stereocenters. The summed E-state index contributed by atoms with van der Waals surface area (Å²) in [6, 6.07) is 10.0. The number of anilines is 1. The zero-order valence-corrected chi connectivity index (χ0v) is 18.3.